The topological polar surface area (TPSA) is 29.5 Å². The largest absolute Gasteiger partial charge is 0.482 e. The summed E-state index contributed by atoms with van der Waals surface area (Å²) in [5.41, 5.74) is -0.673. The predicted octanol–water partition coefficient (Wildman–Crippen LogP) is 1.42. The van der Waals surface area contributed by atoms with Crippen molar-refractivity contribution in [2.24, 2.45) is 0 Å². The predicted molar refractivity (Wildman–Crippen MR) is 48.4 cm³/mol. The number of aliphatic hydroxyl groups is 1. The molecule has 0 fully saturated rings. The highest BCUT2D eigenvalue weighted by Gasteiger charge is 2.13. The van der Waals surface area contributed by atoms with Crippen LogP contribution in [0.2, 0.25) is 0 Å². The highest BCUT2D eigenvalue weighted by Crippen LogP contribution is 2.13. The second kappa shape index (κ2) is 4.16. The maximum atomic E-state index is 9.23. The summed E-state index contributed by atoms with van der Waals surface area (Å²) >= 11 is 6.10. The van der Waals surface area contributed by atoms with Crippen LogP contribution in [0.5, 0.6) is 0 Å². The first-order chi connectivity index (χ1) is 4.45. The Balaban J connectivity index is 3.46. The average Bonchev–Trinajstić information content (AvgIpc) is 1.81. The van der Waals surface area contributed by atoms with Crippen molar-refractivity contribution in [3.63, 3.8) is 0 Å². The van der Waals surface area contributed by atoms with Gasteiger partial charge in [0.2, 0.25) is 4.38 Å². The Hall–Kier alpha value is 0.200. The van der Waals surface area contributed by atoms with Crippen molar-refractivity contribution in [3.8, 4) is 0 Å². The fourth-order valence-electron chi connectivity index (χ4n) is 0.294. The Morgan fingerprint density at radius 1 is 1.70 bits per heavy atom. The van der Waals surface area contributed by atoms with Crippen molar-refractivity contribution < 1.29 is 9.84 Å². The molecule has 0 heterocycles. The van der Waals surface area contributed by atoms with Gasteiger partial charge in [-0.1, -0.05) is 11.8 Å². The first-order valence-electron chi connectivity index (χ1n) is 2.89. The van der Waals surface area contributed by atoms with Crippen LogP contribution < -0.4 is 0 Å². The van der Waals surface area contributed by atoms with E-state index < -0.39 is 5.60 Å². The van der Waals surface area contributed by atoms with Crippen molar-refractivity contribution in [3.05, 3.63) is 0 Å². The second-order valence-electron chi connectivity index (χ2n) is 2.56. The van der Waals surface area contributed by atoms with Crippen molar-refractivity contribution in [1.29, 1.82) is 0 Å². The van der Waals surface area contributed by atoms with Gasteiger partial charge in [-0.25, -0.2) is 0 Å². The molecule has 0 aromatic heterocycles. The summed E-state index contributed by atoms with van der Waals surface area (Å²) < 4.78 is 5.20. The van der Waals surface area contributed by atoms with Crippen molar-refractivity contribution in [1.82, 2.24) is 0 Å². The van der Waals surface area contributed by atoms with Crippen LogP contribution in [0.1, 0.15) is 13.8 Å². The zero-order chi connectivity index (χ0) is 8.20. The molecule has 1 N–H and O–H groups in total. The maximum absolute atomic E-state index is 9.23. The van der Waals surface area contributed by atoms with Gasteiger partial charge in [0.05, 0.1) is 12.7 Å². The summed E-state index contributed by atoms with van der Waals surface area (Å²) in [5.74, 6) is 0.569. The molecule has 0 aliphatic heterocycles. The number of thioether (sulfide) groups is 1. The molecule has 0 bridgehead atoms. The Labute approximate surface area is 71.0 Å². The highest BCUT2D eigenvalue weighted by atomic mass is 32.2. The summed E-state index contributed by atoms with van der Waals surface area (Å²) in [6.45, 7) is 3.47. The first-order valence-corrected chi connectivity index (χ1v) is 4.28. The summed E-state index contributed by atoms with van der Waals surface area (Å²) in [5, 5.41) is 9.23. The molecule has 0 saturated carbocycles. The molecule has 0 saturated heterocycles. The van der Waals surface area contributed by atoms with E-state index in [9.17, 15) is 5.11 Å². The van der Waals surface area contributed by atoms with E-state index in [0.29, 0.717) is 10.1 Å². The molecular formula is C6H12O2S2. The zero-order valence-electron chi connectivity index (χ0n) is 6.38. The SMILES string of the molecule is COC(=S)SCC(C)(C)O. The van der Waals surface area contributed by atoms with Gasteiger partial charge in [-0.3, -0.25) is 0 Å². The molecule has 0 rings (SSSR count). The first kappa shape index (κ1) is 10.2. The highest BCUT2D eigenvalue weighted by molar-refractivity contribution is 8.22. The molecule has 0 aliphatic rings. The van der Waals surface area contributed by atoms with Gasteiger partial charge >= 0.3 is 0 Å². The van der Waals surface area contributed by atoms with Gasteiger partial charge in [0, 0.05) is 5.75 Å². The van der Waals surface area contributed by atoms with Crippen LogP contribution >= 0.6 is 24.0 Å². The molecule has 10 heavy (non-hydrogen) atoms. The van der Waals surface area contributed by atoms with Crippen LogP contribution in [0.15, 0.2) is 0 Å². The van der Waals surface area contributed by atoms with Crippen LogP contribution in [0.4, 0.5) is 0 Å². The van der Waals surface area contributed by atoms with E-state index in [4.69, 9.17) is 17.0 Å². The van der Waals surface area contributed by atoms with E-state index in [2.05, 4.69) is 0 Å². The molecular weight excluding hydrogens is 168 g/mol. The third-order valence-electron chi connectivity index (χ3n) is 0.710. The summed E-state index contributed by atoms with van der Waals surface area (Å²) in [6, 6.07) is 0. The van der Waals surface area contributed by atoms with E-state index in [-0.39, 0.29) is 0 Å². The van der Waals surface area contributed by atoms with Gasteiger partial charge in [-0.15, -0.1) is 0 Å². The van der Waals surface area contributed by atoms with Crippen LogP contribution in [0, 0.1) is 0 Å². The van der Waals surface area contributed by atoms with Gasteiger partial charge in [0.1, 0.15) is 0 Å². The van der Waals surface area contributed by atoms with Crippen LogP contribution in [-0.2, 0) is 4.74 Å². The van der Waals surface area contributed by atoms with Gasteiger partial charge in [0.15, 0.2) is 0 Å². The van der Waals surface area contributed by atoms with Crippen LogP contribution in [0.3, 0.4) is 0 Å². The Kier molecular flexibility index (Phi) is 4.24. The quantitative estimate of drug-likeness (QED) is 0.651. The monoisotopic (exact) mass is 180 g/mol. The zero-order valence-corrected chi connectivity index (χ0v) is 8.01. The molecule has 60 valence electrons. The second-order valence-corrected chi connectivity index (χ2v) is 4.13. The van der Waals surface area contributed by atoms with Crippen molar-refractivity contribution in [2.75, 3.05) is 12.9 Å². The molecule has 0 spiro atoms. The van der Waals surface area contributed by atoms with E-state index in [1.54, 1.807) is 13.8 Å². The average molecular weight is 180 g/mol. The van der Waals surface area contributed by atoms with Crippen LogP contribution in [-0.4, -0.2) is 28.0 Å². The van der Waals surface area contributed by atoms with E-state index >= 15 is 0 Å². The van der Waals surface area contributed by atoms with Gasteiger partial charge in [0.25, 0.3) is 0 Å². The third-order valence-corrected chi connectivity index (χ3v) is 2.48. The normalized spacial score (nSPS) is 11.2. The number of thiocarbonyl (C=S) groups is 1. The number of hydrogen-bond acceptors (Lipinski definition) is 4. The third kappa shape index (κ3) is 6.32. The lowest BCUT2D eigenvalue weighted by molar-refractivity contribution is 0.107. The standard InChI is InChI=1S/C6H12O2S2/c1-6(2,7)4-10-5(9)8-3/h7H,4H2,1-3H3. The van der Waals surface area contributed by atoms with E-state index in [1.807, 2.05) is 0 Å². The lowest BCUT2D eigenvalue weighted by atomic mass is 10.2. The van der Waals surface area contributed by atoms with Gasteiger partial charge in [-0.05, 0) is 26.1 Å². The molecule has 0 radical (unpaired) electrons. The van der Waals surface area contributed by atoms with Gasteiger partial charge in [-0.2, -0.15) is 0 Å². The van der Waals surface area contributed by atoms with Crippen molar-refractivity contribution >= 4 is 28.4 Å². The molecule has 0 amide bonds. The van der Waals surface area contributed by atoms with E-state index in [0.717, 1.165) is 0 Å². The summed E-state index contributed by atoms with van der Waals surface area (Å²) in [4.78, 5) is 0. The molecule has 2 nitrogen and oxygen atoms in total. The number of rotatable bonds is 2. The van der Waals surface area contributed by atoms with Gasteiger partial charge < -0.3 is 9.84 Å². The lowest BCUT2D eigenvalue weighted by Crippen LogP contribution is -2.22. The maximum Gasteiger partial charge on any atom is 0.219 e. The minimum atomic E-state index is -0.673. The smallest absolute Gasteiger partial charge is 0.219 e. The molecule has 0 unspecified atom stereocenters. The molecule has 0 aliphatic carbocycles. The Bertz CT molecular complexity index is 117. The minimum Gasteiger partial charge on any atom is -0.482 e. The number of ether oxygens (including phenoxy) is 1. The van der Waals surface area contributed by atoms with Crippen molar-refractivity contribution in [2.45, 2.75) is 19.4 Å². The number of methoxy groups -OCH3 is 1. The minimum absolute atomic E-state index is 0.474. The Morgan fingerprint density at radius 2 is 2.20 bits per heavy atom. The molecule has 4 heteroatoms. The molecule has 0 aromatic carbocycles. The molecule has 0 atom stereocenters. The fraction of sp³-hybridized carbons (Fsp3) is 0.833. The van der Waals surface area contributed by atoms with Crippen LogP contribution in [0.25, 0.3) is 0 Å². The summed E-state index contributed by atoms with van der Waals surface area (Å²) in [7, 11) is 1.53. The molecule has 0 aromatic rings. The summed E-state index contributed by atoms with van der Waals surface area (Å²) in [6.07, 6.45) is 0. The number of hydrogen-bond donors (Lipinski definition) is 1. The van der Waals surface area contributed by atoms with E-state index in [1.165, 1.54) is 18.9 Å². The lowest BCUT2D eigenvalue weighted by Gasteiger charge is -2.15. The Morgan fingerprint density at radius 3 is 2.50 bits per heavy atom. The fourth-order valence-corrected chi connectivity index (χ4v) is 1.06.